The molecule has 0 N–H and O–H groups in total. The highest BCUT2D eigenvalue weighted by atomic mass is 16.5. The summed E-state index contributed by atoms with van der Waals surface area (Å²) >= 11 is 0. The van der Waals surface area contributed by atoms with Crippen molar-refractivity contribution < 1.29 is 19.1 Å². The fourth-order valence-corrected chi connectivity index (χ4v) is 3.38. The fraction of sp³-hybridized carbons (Fsp3) is 0.562. The molecule has 36 heavy (non-hydrogen) atoms. The lowest BCUT2D eigenvalue weighted by atomic mass is 10.1. The molecule has 4 nitrogen and oxygen atoms in total. The predicted octanol–water partition coefficient (Wildman–Crippen LogP) is 9.03. The van der Waals surface area contributed by atoms with E-state index in [0.29, 0.717) is 25.2 Å². The molecule has 0 fully saturated rings. The summed E-state index contributed by atoms with van der Waals surface area (Å²) in [6.07, 6.45) is 14.7. The smallest absolute Gasteiger partial charge is 0.338 e. The maximum absolute atomic E-state index is 11.6. The number of unbranched alkanes of at least 4 members (excludes halogenated alkanes) is 10. The zero-order chi connectivity index (χ0) is 26.7. The van der Waals surface area contributed by atoms with Crippen molar-refractivity contribution in [3.63, 3.8) is 0 Å². The van der Waals surface area contributed by atoms with Crippen LogP contribution in [0.25, 0.3) is 0 Å². The number of rotatable bonds is 16. The van der Waals surface area contributed by atoms with Gasteiger partial charge in [-0.1, -0.05) is 121 Å². The monoisotopic (exact) mass is 498 g/mol. The van der Waals surface area contributed by atoms with Crippen LogP contribution < -0.4 is 0 Å². The first kappa shape index (κ1) is 33.4. The second-order valence-electron chi connectivity index (χ2n) is 9.09. The van der Waals surface area contributed by atoms with E-state index >= 15 is 0 Å². The quantitative estimate of drug-likeness (QED) is 0.132. The standard InChI is InChI=1S/C15H22O2.C9H18O2.C8H10/c1-2-3-4-5-6-10-13-17-15(16)14-11-8-7-9-12-14;1-2-3-4-5-6-7-8-11-9-10;1-7-5-3-4-6-8(7)2/h7-9,11-12H,2-6,10,13H2,1H3;9H,2-8H2,1H3;3-6H,1-2H3. The highest BCUT2D eigenvalue weighted by Gasteiger charge is 2.04. The lowest BCUT2D eigenvalue weighted by Gasteiger charge is -2.04. The van der Waals surface area contributed by atoms with Gasteiger partial charge in [0.25, 0.3) is 6.47 Å². The summed E-state index contributed by atoms with van der Waals surface area (Å²) in [6, 6.07) is 17.5. The van der Waals surface area contributed by atoms with Crippen LogP contribution in [0.5, 0.6) is 0 Å². The van der Waals surface area contributed by atoms with E-state index in [-0.39, 0.29) is 5.97 Å². The number of hydrogen-bond acceptors (Lipinski definition) is 4. The van der Waals surface area contributed by atoms with E-state index in [2.05, 4.69) is 56.7 Å². The number of carbonyl (C=O) groups excluding carboxylic acids is 2. The van der Waals surface area contributed by atoms with E-state index in [9.17, 15) is 9.59 Å². The van der Waals surface area contributed by atoms with Crippen molar-refractivity contribution in [3.05, 3.63) is 71.3 Å². The Morgan fingerprint density at radius 2 is 1.08 bits per heavy atom. The molecule has 0 amide bonds. The molecule has 0 aliphatic rings. The van der Waals surface area contributed by atoms with Crippen LogP contribution in [0.1, 0.15) is 112 Å². The summed E-state index contributed by atoms with van der Waals surface area (Å²) < 4.78 is 9.76. The molecule has 0 bridgehead atoms. The molecule has 0 radical (unpaired) electrons. The zero-order valence-electron chi connectivity index (χ0n) is 23.3. The van der Waals surface area contributed by atoms with Crippen molar-refractivity contribution in [1.82, 2.24) is 0 Å². The Bertz CT molecular complexity index is 737. The van der Waals surface area contributed by atoms with E-state index in [4.69, 9.17) is 4.74 Å². The molecule has 0 unspecified atom stereocenters. The van der Waals surface area contributed by atoms with Gasteiger partial charge in [0.2, 0.25) is 0 Å². The molecule has 202 valence electrons. The summed E-state index contributed by atoms with van der Waals surface area (Å²) in [6.45, 7) is 10.3. The Labute approximate surface area is 220 Å². The second-order valence-corrected chi connectivity index (χ2v) is 9.09. The Kier molecular flexibility index (Phi) is 23.6. The Morgan fingerprint density at radius 3 is 1.56 bits per heavy atom. The number of aryl methyl sites for hydroxylation is 2. The number of esters is 1. The van der Waals surface area contributed by atoms with E-state index in [1.807, 2.05) is 18.2 Å². The predicted molar refractivity (Wildman–Crippen MR) is 151 cm³/mol. The minimum absolute atomic E-state index is 0.209. The summed E-state index contributed by atoms with van der Waals surface area (Å²) in [5.74, 6) is -0.209. The normalized spacial score (nSPS) is 9.78. The lowest BCUT2D eigenvalue weighted by Crippen LogP contribution is -2.06. The molecule has 0 saturated carbocycles. The highest BCUT2D eigenvalue weighted by Crippen LogP contribution is 2.07. The van der Waals surface area contributed by atoms with Crippen LogP contribution in [-0.4, -0.2) is 25.7 Å². The Morgan fingerprint density at radius 1 is 0.639 bits per heavy atom. The molecule has 2 aromatic carbocycles. The van der Waals surface area contributed by atoms with E-state index in [1.165, 1.54) is 68.9 Å². The molecule has 0 spiro atoms. The lowest BCUT2D eigenvalue weighted by molar-refractivity contribution is -0.128. The van der Waals surface area contributed by atoms with Crippen molar-refractivity contribution in [2.45, 2.75) is 105 Å². The summed E-state index contributed by atoms with van der Waals surface area (Å²) in [4.78, 5) is 21.3. The average molecular weight is 499 g/mol. The molecule has 4 heteroatoms. The summed E-state index contributed by atoms with van der Waals surface area (Å²) in [5, 5.41) is 0. The molecule has 0 aliphatic heterocycles. The van der Waals surface area contributed by atoms with Gasteiger partial charge in [-0.3, -0.25) is 4.79 Å². The fourth-order valence-electron chi connectivity index (χ4n) is 3.38. The number of carbonyl (C=O) groups is 2. The molecule has 2 aromatic rings. The second kappa shape index (κ2) is 25.5. The summed E-state index contributed by atoms with van der Waals surface area (Å²) in [7, 11) is 0. The minimum Gasteiger partial charge on any atom is -0.468 e. The summed E-state index contributed by atoms with van der Waals surface area (Å²) in [5.41, 5.74) is 3.37. The average Bonchev–Trinajstić information content (AvgIpc) is 2.90. The largest absolute Gasteiger partial charge is 0.468 e. The zero-order valence-corrected chi connectivity index (χ0v) is 23.3. The van der Waals surface area contributed by atoms with Crippen LogP contribution in [0.15, 0.2) is 54.6 Å². The maximum Gasteiger partial charge on any atom is 0.338 e. The Balaban J connectivity index is 0.000000553. The van der Waals surface area contributed by atoms with Crippen LogP contribution in [0.3, 0.4) is 0 Å². The van der Waals surface area contributed by atoms with Gasteiger partial charge in [-0.15, -0.1) is 0 Å². The van der Waals surface area contributed by atoms with Crippen molar-refractivity contribution in [1.29, 1.82) is 0 Å². The SMILES string of the molecule is CCCCCCCCOC(=O)c1ccccc1.CCCCCCCCOC=O.Cc1ccccc1C. The van der Waals surface area contributed by atoms with Crippen molar-refractivity contribution >= 4 is 12.4 Å². The molecule has 0 saturated heterocycles. The first-order valence-corrected chi connectivity index (χ1v) is 13.9. The van der Waals surface area contributed by atoms with E-state index in [0.717, 1.165) is 19.3 Å². The van der Waals surface area contributed by atoms with Crippen LogP contribution in [0.4, 0.5) is 0 Å². The first-order valence-electron chi connectivity index (χ1n) is 13.9. The van der Waals surface area contributed by atoms with Crippen LogP contribution in [-0.2, 0) is 14.3 Å². The Hall–Kier alpha value is -2.62. The van der Waals surface area contributed by atoms with Crippen molar-refractivity contribution in [3.8, 4) is 0 Å². The third kappa shape index (κ3) is 20.7. The molecule has 0 heterocycles. The number of ether oxygens (including phenoxy) is 2. The van der Waals surface area contributed by atoms with Gasteiger partial charge >= 0.3 is 5.97 Å². The third-order valence-electron chi connectivity index (χ3n) is 5.85. The van der Waals surface area contributed by atoms with E-state index in [1.54, 1.807) is 12.1 Å². The molecule has 0 aromatic heterocycles. The van der Waals surface area contributed by atoms with Crippen molar-refractivity contribution in [2.75, 3.05) is 13.2 Å². The molecular weight excluding hydrogens is 448 g/mol. The third-order valence-corrected chi connectivity index (χ3v) is 5.85. The van der Waals surface area contributed by atoms with Gasteiger partial charge in [-0.05, 0) is 49.9 Å². The van der Waals surface area contributed by atoms with E-state index < -0.39 is 0 Å². The molecule has 0 atom stereocenters. The number of benzene rings is 2. The van der Waals surface area contributed by atoms with Crippen LogP contribution >= 0.6 is 0 Å². The molecule has 2 rings (SSSR count). The molecular formula is C32H50O4. The van der Waals surface area contributed by atoms with Gasteiger partial charge in [0, 0.05) is 0 Å². The van der Waals surface area contributed by atoms with Gasteiger partial charge in [-0.25, -0.2) is 4.79 Å². The van der Waals surface area contributed by atoms with Gasteiger partial charge in [0.15, 0.2) is 0 Å². The topological polar surface area (TPSA) is 52.6 Å². The van der Waals surface area contributed by atoms with Gasteiger partial charge < -0.3 is 9.47 Å². The first-order chi connectivity index (χ1) is 17.6. The van der Waals surface area contributed by atoms with Crippen LogP contribution in [0, 0.1) is 13.8 Å². The maximum atomic E-state index is 11.6. The van der Waals surface area contributed by atoms with Gasteiger partial charge in [-0.2, -0.15) is 0 Å². The molecule has 0 aliphatic carbocycles. The highest BCUT2D eigenvalue weighted by molar-refractivity contribution is 5.89. The van der Waals surface area contributed by atoms with Crippen LogP contribution in [0.2, 0.25) is 0 Å². The van der Waals surface area contributed by atoms with Gasteiger partial charge in [0.05, 0.1) is 18.8 Å². The van der Waals surface area contributed by atoms with Gasteiger partial charge in [0.1, 0.15) is 0 Å². The minimum atomic E-state index is -0.209. The number of hydrogen-bond donors (Lipinski definition) is 0. The van der Waals surface area contributed by atoms with Crippen molar-refractivity contribution in [2.24, 2.45) is 0 Å².